The van der Waals surface area contributed by atoms with Gasteiger partial charge < -0.3 is 19.7 Å². The molecule has 0 atom stereocenters. The van der Waals surface area contributed by atoms with Crippen LogP contribution in [0.25, 0.3) is 0 Å². The topological polar surface area (TPSA) is 50.8 Å². The van der Waals surface area contributed by atoms with Gasteiger partial charge in [0.25, 0.3) is 5.91 Å². The van der Waals surface area contributed by atoms with Gasteiger partial charge in [0.2, 0.25) is 0 Å². The van der Waals surface area contributed by atoms with Crippen molar-refractivity contribution in [1.29, 1.82) is 0 Å². The fraction of sp³-hybridized carbons (Fsp3) is 0.611. The van der Waals surface area contributed by atoms with E-state index in [0.717, 1.165) is 37.4 Å². The summed E-state index contributed by atoms with van der Waals surface area (Å²) in [7, 11) is 0. The average molecular weight is 320 g/mol. The van der Waals surface area contributed by atoms with Crippen LogP contribution in [0.1, 0.15) is 33.3 Å². The zero-order chi connectivity index (χ0) is 16.9. The van der Waals surface area contributed by atoms with Gasteiger partial charge in [-0.05, 0) is 33.0 Å². The van der Waals surface area contributed by atoms with E-state index in [1.165, 1.54) is 0 Å². The third kappa shape index (κ3) is 4.86. The van der Waals surface area contributed by atoms with Crippen molar-refractivity contribution in [2.45, 2.75) is 39.7 Å². The highest BCUT2D eigenvalue weighted by molar-refractivity contribution is 5.77. The number of hydrogen-bond acceptors (Lipinski definition) is 4. The largest absolute Gasteiger partial charge is 0.483 e. The first kappa shape index (κ1) is 17.6. The first-order valence-electron chi connectivity index (χ1n) is 8.38. The van der Waals surface area contributed by atoms with Crippen LogP contribution in [0.2, 0.25) is 0 Å². The van der Waals surface area contributed by atoms with Crippen molar-refractivity contribution >= 4 is 5.91 Å². The molecule has 0 spiro atoms. The van der Waals surface area contributed by atoms with Gasteiger partial charge in [-0.3, -0.25) is 4.79 Å². The van der Waals surface area contributed by atoms with Crippen LogP contribution in [0.5, 0.6) is 11.5 Å². The van der Waals surface area contributed by atoms with Crippen LogP contribution in [0.3, 0.4) is 0 Å². The van der Waals surface area contributed by atoms with Crippen LogP contribution in [0.4, 0.5) is 0 Å². The minimum Gasteiger partial charge on any atom is -0.483 e. The van der Waals surface area contributed by atoms with Crippen molar-refractivity contribution in [3.05, 3.63) is 23.8 Å². The van der Waals surface area contributed by atoms with Crippen LogP contribution in [0, 0.1) is 0 Å². The molecule has 1 amide bonds. The summed E-state index contributed by atoms with van der Waals surface area (Å²) < 4.78 is 11.6. The molecule has 0 bridgehead atoms. The van der Waals surface area contributed by atoms with Gasteiger partial charge in [0.1, 0.15) is 5.60 Å². The van der Waals surface area contributed by atoms with E-state index in [1.54, 1.807) is 0 Å². The van der Waals surface area contributed by atoms with Crippen molar-refractivity contribution < 1.29 is 14.3 Å². The molecule has 5 heteroatoms. The fourth-order valence-corrected chi connectivity index (χ4v) is 2.79. The molecule has 1 aromatic carbocycles. The predicted octanol–water partition coefficient (Wildman–Crippen LogP) is 2.24. The third-order valence-corrected chi connectivity index (χ3v) is 4.06. The Morgan fingerprint density at radius 3 is 2.78 bits per heavy atom. The van der Waals surface area contributed by atoms with Gasteiger partial charge in [0.15, 0.2) is 18.1 Å². The molecule has 1 aliphatic rings. The molecule has 128 valence electrons. The third-order valence-electron chi connectivity index (χ3n) is 4.06. The normalized spacial score (nSPS) is 15.2. The van der Waals surface area contributed by atoms with E-state index in [0.29, 0.717) is 12.3 Å². The second-order valence-corrected chi connectivity index (χ2v) is 6.45. The molecule has 0 unspecified atom stereocenters. The van der Waals surface area contributed by atoms with Gasteiger partial charge in [-0.15, -0.1) is 0 Å². The Hall–Kier alpha value is -1.75. The van der Waals surface area contributed by atoms with Crippen LogP contribution in [-0.2, 0) is 11.2 Å². The minimum atomic E-state index is -0.214. The summed E-state index contributed by atoms with van der Waals surface area (Å²) in [5.41, 5.74) is 0.919. The zero-order valence-corrected chi connectivity index (χ0v) is 14.6. The highest BCUT2D eigenvalue weighted by Crippen LogP contribution is 2.41. The molecule has 0 aromatic heterocycles. The lowest BCUT2D eigenvalue weighted by molar-refractivity contribution is -0.123. The van der Waals surface area contributed by atoms with Gasteiger partial charge in [-0.1, -0.05) is 26.0 Å². The Bertz CT molecular complexity index is 539. The first-order chi connectivity index (χ1) is 10.9. The number of nitrogens with one attached hydrogen (secondary N) is 1. The van der Waals surface area contributed by atoms with Crippen LogP contribution < -0.4 is 14.8 Å². The highest BCUT2D eigenvalue weighted by atomic mass is 16.5. The second-order valence-electron chi connectivity index (χ2n) is 6.45. The lowest BCUT2D eigenvalue weighted by atomic mass is 10.0. The van der Waals surface area contributed by atoms with Crippen molar-refractivity contribution in [3.63, 3.8) is 0 Å². The van der Waals surface area contributed by atoms with Gasteiger partial charge in [0, 0.05) is 25.1 Å². The fourth-order valence-electron chi connectivity index (χ4n) is 2.79. The van der Waals surface area contributed by atoms with Gasteiger partial charge in [-0.25, -0.2) is 0 Å². The van der Waals surface area contributed by atoms with E-state index < -0.39 is 0 Å². The van der Waals surface area contributed by atoms with Crippen molar-refractivity contribution in [1.82, 2.24) is 10.2 Å². The minimum absolute atomic E-state index is 0.0124. The SMILES string of the molecule is CCN(CC)CCNC(=O)COc1cccc2c1OC(C)(C)C2. The Kier molecular flexibility index (Phi) is 5.88. The summed E-state index contributed by atoms with van der Waals surface area (Å²) in [6, 6.07) is 5.84. The summed E-state index contributed by atoms with van der Waals surface area (Å²) in [6.07, 6.45) is 0.857. The van der Waals surface area contributed by atoms with Gasteiger partial charge >= 0.3 is 0 Å². The van der Waals surface area contributed by atoms with Crippen LogP contribution in [0.15, 0.2) is 18.2 Å². The Balaban J connectivity index is 1.81. The number of carbonyl (C=O) groups is 1. The number of benzene rings is 1. The predicted molar refractivity (Wildman–Crippen MR) is 91.1 cm³/mol. The number of hydrogen-bond donors (Lipinski definition) is 1. The molecule has 0 fully saturated rings. The molecule has 5 nitrogen and oxygen atoms in total. The molecule has 1 aromatic rings. The maximum atomic E-state index is 11.9. The number of rotatable bonds is 8. The van der Waals surface area contributed by atoms with Gasteiger partial charge in [-0.2, -0.15) is 0 Å². The number of fused-ring (bicyclic) bond motifs is 1. The van der Waals surface area contributed by atoms with E-state index in [1.807, 2.05) is 18.2 Å². The summed E-state index contributed by atoms with van der Waals surface area (Å²) in [5.74, 6) is 1.31. The molecule has 1 aliphatic heterocycles. The van der Waals surface area contributed by atoms with Gasteiger partial charge in [0.05, 0.1) is 0 Å². The lowest BCUT2D eigenvalue weighted by Gasteiger charge is -2.19. The molecule has 1 heterocycles. The Morgan fingerprint density at radius 1 is 1.35 bits per heavy atom. The van der Waals surface area contributed by atoms with E-state index in [9.17, 15) is 4.79 Å². The Labute approximate surface area is 139 Å². The number of amides is 1. The lowest BCUT2D eigenvalue weighted by Crippen LogP contribution is -2.36. The zero-order valence-electron chi connectivity index (χ0n) is 14.6. The summed E-state index contributed by atoms with van der Waals surface area (Å²) in [4.78, 5) is 14.2. The molecule has 0 saturated heterocycles. The van der Waals surface area contributed by atoms with Crippen LogP contribution in [-0.4, -0.2) is 49.2 Å². The molecule has 0 radical (unpaired) electrons. The average Bonchev–Trinajstić information content (AvgIpc) is 2.84. The number of carbonyl (C=O) groups excluding carboxylic acids is 1. The summed E-state index contributed by atoms with van der Waals surface area (Å²) in [5, 5.41) is 2.89. The maximum Gasteiger partial charge on any atom is 0.257 e. The molecular formula is C18H28N2O3. The van der Waals surface area contributed by atoms with E-state index in [-0.39, 0.29) is 18.1 Å². The van der Waals surface area contributed by atoms with Crippen molar-refractivity contribution in [3.8, 4) is 11.5 Å². The number of nitrogens with zero attached hydrogens (tertiary/aromatic N) is 1. The molecule has 1 N–H and O–H groups in total. The standard InChI is InChI=1S/C18H28N2O3/c1-5-20(6-2)11-10-19-16(21)13-22-15-9-7-8-14-12-18(3,4)23-17(14)15/h7-9H,5-6,10-13H2,1-4H3,(H,19,21). The number of likely N-dealkylation sites (N-methyl/N-ethyl adjacent to an activating group) is 1. The number of ether oxygens (including phenoxy) is 2. The van der Waals surface area contributed by atoms with Crippen molar-refractivity contribution in [2.24, 2.45) is 0 Å². The van der Waals surface area contributed by atoms with E-state index >= 15 is 0 Å². The van der Waals surface area contributed by atoms with E-state index in [2.05, 4.69) is 37.9 Å². The highest BCUT2D eigenvalue weighted by Gasteiger charge is 2.32. The summed E-state index contributed by atoms with van der Waals surface area (Å²) in [6.45, 7) is 11.8. The number of para-hydroxylation sites is 1. The quantitative estimate of drug-likeness (QED) is 0.798. The van der Waals surface area contributed by atoms with Crippen LogP contribution >= 0.6 is 0 Å². The Morgan fingerprint density at radius 2 is 2.09 bits per heavy atom. The molecular weight excluding hydrogens is 292 g/mol. The monoisotopic (exact) mass is 320 g/mol. The molecule has 23 heavy (non-hydrogen) atoms. The van der Waals surface area contributed by atoms with Crippen molar-refractivity contribution in [2.75, 3.05) is 32.8 Å². The molecule has 0 aliphatic carbocycles. The second kappa shape index (κ2) is 7.68. The maximum absolute atomic E-state index is 11.9. The van der Waals surface area contributed by atoms with E-state index in [4.69, 9.17) is 9.47 Å². The molecule has 2 rings (SSSR count). The first-order valence-corrected chi connectivity index (χ1v) is 8.38. The summed E-state index contributed by atoms with van der Waals surface area (Å²) >= 11 is 0. The smallest absolute Gasteiger partial charge is 0.257 e. The molecule has 0 saturated carbocycles.